The van der Waals surface area contributed by atoms with Crippen molar-refractivity contribution >= 4 is 22.6 Å². The topological polar surface area (TPSA) is 77.6 Å². The molecule has 1 amide bonds. The highest BCUT2D eigenvalue weighted by Gasteiger charge is 2.30. The molecule has 0 atom stereocenters. The number of nitrogens with zero attached hydrogens (tertiary/aromatic N) is 5. The van der Waals surface area contributed by atoms with Gasteiger partial charge in [0.25, 0.3) is 5.91 Å². The molecule has 0 radical (unpaired) electrons. The fourth-order valence-corrected chi connectivity index (χ4v) is 4.37. The minimum Gasteiger partial charge on any atom is -0.320 e. The van der Waals surface area contributed by atoms with Gasteiger partial charge >= 0.3 is 0 Å². The first-order chi connectivity index (χ1) is 15.6. The molecule has 3 heterocycles. The van der Waals surface area contributed by atoms with Crippen molar-refractivity contribution in [1.29, 1.82) is 0 Å². The van der Waals surface area contributed by atoms with Crippen LogP contribution in [0.3, 0.4) is 0 Å². The second-order valence-corrected chi connectivity index (χ2v) is 10.0. The van der Waals surface area contributed by atoms with Crippen LogP contribution < -0.4 is 5.32 Å². The van der Waals surface area contributed by atoms with Crippen molar-refractivity contribution in [2.75, 3.05) is 5.32 Å². The van der Waals surface area contributed by atoms with Crippen LogP contribution in [0.25, 0.3) is 16.7 Å². The van der Waals surface area contributed by atoms with E-state index in [1.165, 1.54) is 0 Å². The molecular weight excluding hydrogens is 412 g/mol. The predicted octanol–water partition coefficient (Wildman–Crippen LogP) is 5.43. The summed E-state index contributed by atoms with van der Waals surface area (Å²) in [4.78, 5) is 18.7. The second kappa shape index (κ2) is 7.54. The summed E-state index contributed by atoms with van der Waals surface area (Å²) in [6, 6.07) is 11.7. The van der Waals surface area contributed by atoms with Crippen LogP contribution >= 0.6 is 0 Å². The Hall–Kier alpha value is -3.48. The van der Waals surface area contributed by atoms with E-state index >= 15 is 0 Å². The normalized spacial score (nSPS) is 14.1. The van der Waals surface area contributed by atoms with Crippen LogP contribution in [0.1, 0.15) is 72.7 Å². The number of para-hydroxylation sites is 2. The molecule has 3 aromatic heterocycles. The molecule has 1 aliphatic carbocycles. The fourth-order valence-electron chi connectivity index (χ4n) is 4.37. The lowest BCUT2D eigenvalue weighted by Gasteiger charge is -2.20. The average Bonchev–Trinajstić information content (AvgIpc) is 3.47. The van der Waals surface area contributed by atoms with Crippen LogP contribution in [0.4, 0.5) is 5.69 Å². The third-order valence-electron chi connectivity index (χ3n) is 6.10. The first-order valence-corrected chi connectivity index (χ1v) is 11.5. The van der Waals surface area contributed by atoms with E-state index in [1.807, 2.05) is 66.5 Å². The molecule has 1 aromatic carbocycles. The highest BCUT2D eigenvalue weighted by molar-refractivity contribution is 6.13. The molecule has 170 valence electrons. The van der Waals surface area contributed by atoms with Gasteiger partial charge in [-0.1, -0.05) is 12.1 Å². The van der Waals surface area contributed by atoms with E-state index < -0.39 is 0 Å². The number of amides is 1. The van der Waals surface area contributed by atoms with Gasteiger partial charge in [0.2, 0.25) is 0 Å². The Morgan fingerprint density at radius 3 is 2.42 bits per heavy atom. The molecule has 0 spiro atoms. The maximum Gasteiger partial charge on any atom is 0.256 e. The molecule has 1 saturated carbocycles. The number of carbonyl (C=O) groups excluding carboxylic acids is 1. The number of aryl methyl sites for hydroxylation is 3. The van der Waals surface area contributed by atoms with Gasteiger partial charge in [-0.3, -0.25) is 4.79 Å². The molecule has 4 aromatic rings. The lowest BCUT2D eigenvalue weighted by Crippen LogP contribution is -2.24. The molecule has 7 heteroatoms. The summed E-state index contributed by atoms with van der Waals surface area (Å²) in [7, 11) is 0. The number of anilines is 1. The molecule has 0 saturated heterocycles. The summed E-state index contributed by atoms with van der Waals surface area (Å²) in [5.74, 6) is 0.265. The third-order valence-corrected chi connectivity index (χ3v) is 6.10. The Balaban J connectivity index is 1.62. The molecule has 33 heavy (non-hydrogen) atoms. The van der Waals surface area contributed by atoms with Gasteiger partial charge in [-0.25, -0.2) is 14.3 Å². The van der Waals surface area contributed by atoms with Crippen LogP contribution in [-0.2, 0) is 5.54 Å². The van der Waals surface area contributed by atoms with Crippen LogP contribution in [-0.4, -0.2) is 30.5 Å². The van der Waals surface area contributed by atoms with Crippen molar-refractivity contribution in [3.8, 4) is 5.69 Å². The first kappa shape index (κ1) is 21.4. The minimum atomic E-state index is -0.239. The van der Waals surface area contributed by atoms with Gasteiger partial charge < -0.3 is 5.32 Å². The van der Waals surface area contributed by atoms with E-state index in [0.717, 1.165) is 52.3 Å². The number of hydrogen-bond acceptors (Lipinski definition) is 4. The lowest BCUT2D eigenvalue weighted by atomic mass is 10.1. The molecule has 1 fully saturated rings. The smallest absolute Gasteiger partial charge is 0.256 e. The Morgan fingerprint density at radius 2 is 1.79 bits per heavy atom. The van der Waals surface area contributed by atoms with E-state index in [4.69, 9.17) is 10.1 Å². The summed E-state index contributed by atoms with van der Waals surface area (Å²) in [5, 5.41) is 13.3. The minimum absolute atomic E-state index is 0.158. The van der Waals surface area contributed by atoms with E-state index in [-0.39, 0.29) is 11.4 Å². The van der Waals surface area contributed by atoms with Crippen LogP contribution in [0.15, 0.2) is 36.4 Å². The van der Waals surface area contributed by atoms with E-state index in [0.29, 0.717) is 17.2 Å². The summed E-state index contributed by atoms with van der Waals surface area (Å²) < 4.78 is 3.82. The van der Waals surface area contributed by atoms with E-state index in [9.17, 15) is 4.79 Å². The number of benzene rings is 1. The van der Waals surface area contributed by atoms with Crippen LogP contribution in [0, 0.1) is 20.8 Å². The van der Waals surface area contributed by atoms with Gasteiger partial charge in [0, 0.05) is 17.3 Å². The van der Waals surface area contributed by atoms with Gasteiger partial charge in [0.05, 0.1) is 39.3 Å². The summed E-state index contributed by atoms with van der Waals surface area (Å²) in [5.41, 5.74) is 6.45. The van der Waals surface area contributed by atoms with Crippen molar-refractivity contribution < 1.29 is 4.79 Å². The maximum atomic E-state index is 13.7. The van der Waals surface area contributed by atoms with Gasteiger partial charge in [-0.15, -0.1) is 0 Å². The molecular formula is C26H30N6O. The number of pyridine rings is 1. The fraction of sp³-hybridized carbons (Fsp3) is 0.385. The first-order valence-electron chi connectivity index (χ1n) is 11.5. The SMILES string of the molecule is Cc1cc(C)n(-c2ccccc2NC(=O)c2cc(C3CC3)nc3c2c(C)nn3C(C)(C)C)n1. The Labute approximate surface area is 193 Å². The van der Waals surface area contributed by atoms with E-state index in [1.54, 1.807) is 0 Å². The Morgan fingerprint density at radius 1 is 1.06 bits per heavy atom. The standard InChI is InChI=1S/C26H30N6O/c1-15-13-16(2)31(29-15)22-10-8-7-9-20(22)28-25(33)19-14-21(18-11-12-18)27-24-23(19)17(3)30-32(24)26(4,5)6/h7-10,13-14,18H,11-12H2,1-6H3,(H,28,33). The van der Waals surface area contributed by atoms with Crippen molar-refractivity contribution in [3.63, 3.8) is 0 Å². The number of nitrogens with one attached hydrogen (secondary N) is 1. The molecule has 7 nitrogen and oxygen atoms in total. The Kier molecular flexibility index (Phi) is 4.88. The average molecular weight is 443 g/mol. The van der Waals surface area contributed by atoms with Crippen molar-refractivity contribution in [3.05, 3.63) is 64.7 Å². The van der Waals surface area contributed by atoms with Crippen LogP contribution in [0.5, 0.6) is 0 Å². The quantitative estimate of drug-likeness (QED) is 0.457. The van der Waals surface area contributed by atoms with Crippen LogP contribution in [0.2, 0.25) is 0 Å². The number of fused-ring (bicyclic) bond motifs is 1. The molecule has 1 aliphatic rings. The third kappa shape index (κ3) is 3.81. The second-order valence-electron chi connectivity index (χ2n) is 10.0. The molecule has 0 unspecified atom stereocenters. The molecule has 1 N–H and O–H groups in total. The highest BCUT2D eigenvalue weighted by Crippen LogP contribution is 2.41. The lowest BCUT2D eigenvalue weighted by molar-refractivity contribution is 0.102. The largest absolute Gasteiger partial charge is 0.320 e. The zero-order valence-electron chi connectivity index (χ0n) is 20.1. The number of aromatic nitrogens is 5. The molecule has 5 rings (SSSR count). The zero-order valence-corrected chi connectivity index (χ0v) is 20.1. The van der Waals surface area contributed by atoms with Gasteiger partial charge in [0.1, 0.15) is 0 Å². The summed E-state index contributed by atoms with van der Waals surface area (Å²) in [6.45, 7) is 12.2. The number of hydrogen-bond donors (Lipinski definition) is 1. The number of rotatable bonds is 4. The van der Waals surface area contributed by atoms with Gasteiger partial charge in [-0.05, 0) is 78.6 Å². The Bertz CT molecular complexity index is 1380. The summed E-state index contributed by atoms with van der Waals surface area (Å²) in [6.07, 6.45) is 2.23. The van der Waals surface area contributed by atoms with Crippen molar-refractivity contribution in [2.45, 2.75) is 65.8 Å². The summed E-state index contributed by atoms with van der Waals surface area (Å²) >= 11 is 0. The predicted molar refractivity (Wildman–Crippen MR) is 130 cm³/mol. The zero-order chi connectivity index (χ0) is 23.5. The molecule has 0 bridgehead atoms. The monoisotopic (exact) mass is 442 g/mol. The van der Waals surface area contributed by atoms with Crippen molar-refractivity contribution in [2.24, 2.45) is 0 Å². The molecule has 0 aliphatic heterocycles. The maximum absolute atomic E-state index is 13.7. The van der Waals surface area contributed by atoms with Gasteiger partial charge in [0.15, 0.2) is 5.65 Å². The highest BCUT2D eigenvalue weighted by atomic mass is 16.1. The van der Waals surface area contributed by atoms with E-state index in [2.05, 4.69) is 31.2 Å². The van der Waals surface area contributed by atoms with Crippen molar-refractivity contribution in [1.82, 2.24) is 24.5 Å². The van der Waals surface area contributed by atoms with Gasteiger partial charge in [-0.2, -0.15) is 10.2 Å². The number of carbonyl (C=O) groups is 1.